The number of hydrogen-bond acceptors (Lipinski definition) is 6. The van der Waals surface area contributed by atoms with Gasteiger partial charge in [-0.2, -0.15) is 0 Å². The van der Waals surface area contributed by atoms with Crippen LogP contribution in [0.1, 0.15) is 18.6 Å². The molecule has 1 unspecified atom stereocenters. The Bertz CT molecular complexity index is 858. The Morgan fingerprint density at radius 2 is 1.80 bits per heavy atom. The number of rotatable bonds is 10. The van der Waals surface area contributed by atoms with Crippen molar-refractivity contribution in [1.29, 1.82) is 0 Å². The van der Waals surface area contributed by atoms with Gasteiger partial charge in [-0.25, -0.2) is 4.79 Å². The summed E-state index contributed by atoms with van der Waals surface area (Å²) in [6.45, 7) is 2.98. The van der Waals surface area contributed by atoms with E-state index >= 15 is 0 Å². The molecule has 8 nitrogen and oxygen atoms in total. The van der Waals surface area contributed by atoms with Crippen LogP contribution in [0.5, 0.6) is 5.75 Å². The number of nitro groups is 1. The lowest BCUT2D eigenvalue weighted by Crippen LogP contribution is -2.27. The highest BCUT2D eigenvalue weighted by molar-refractivity contribution is 6.18. The lowest BCUT2D eigenvalue weighted by Gasteiger charge is -2.23. The van der Waals surface area contributed by atoms with Crippen LogP contribution < -0.4 is 15.0 Å². The summed E-state index contributed by atoms with van der Waals surface area (Å²) in [5.74, 6) is 1.23. The van der Waals surface area contributed by atoms with Crippen molar-refractivity contribution < 1.29 is 19.2 Å². The molecule has 0 aliphatic heterocycles. The van der Waals surface area contributed by atoms with Gasteiger partial charge in [0, 0.05) is 47.9 Å². The summed E-state index contributed by atoms with van der Waals surface area (Å²) >= 11 is 11.7. The van der Waals surface area contributed by atoms with Crippen molar-refractivity contribution in [3.05, 3.63) is 58.1 Å². The number of ether oxygens (including phenoxy) is 2. The van der Waals surface area contributed by atoms with E-state index in [1.807, 2.05) is 17.0 Å². The second-order valence-corrected chi connectivity index (χ2v) is 7.02. The van der Waals surface area contributed by atoms with Crippen molar-refractivity contribution in [1.82, 2.24) is 0 Å². The molecule has 0 fully saturated rings. The van der Waals surface area contributed by atoms with Crippen LogP contribution in [0.25, 0.3) is 0 Å². The highest BCUT2D eigenvalue weighted by atomic mass is 35.5. The van der Waals surface area contributed by atoms with Gasteiger partial charge in [-0.15, -0.1) is 23.2 Å². The van der Waals surface area contributed by atoms with E-state index in [1.165, 1.54) is 25.3 Å². The zero-order chi connectivity index (χ0) is 22.1. The van der Waals surface area contributed by atoms with E-state index in [0.29, 0.717) is 36.1 Å². The lowest BCUT2D eigenvalue weighted by molar-refractivity contribution is -0.384. The van der Waals surface area contributed by atoms with Gasteiger partial charge in [0.1, 0.15) is 11.9 Å². The second kappa shape index (κ2) is 11.5. The number of benzene rings is 2. The number of nitrogens with one attached hydrogen (secondary N) is 1. The van der Waals surface area contributed by atoms with Crippen molar-refractivity contribution in [3.8, 4) is 5.75 Å². The Hall–Kier alpha value is -2.71. The molecule has 10 heteroatoms. The molecule has 1 amide bonds. The normalized spacial score (nSPS) is 11.5. The number of halogens is 2. The summed E-state index contributed by atoms with van der Waals surface area (Å²) in [5.41, 5.74) is 1.92. The third kappa shape index (κ3) is 6.40. The van der Waals surface area contributed by atoms with Crippen molar-refractivity contribution in [2.24, 2.45) is 0 Å². The van der Waals surface area contributed by atoms with E-state index in [0.717, 1.165) is 5.69 Å². The van der Waals surface area contributed by atoms with Gasteiger partial charge in [-0.05, 0) is 37.3 Å². The van der Waals surface area contributed by atoms with Crippen molar-refractivity contribution >= 4 is 46.4 Å². The SMILES string of the molecule is COc1cc([N+](=O)[O-])ccc1C(C)OC(=O)Nc1ccc(N(CCCl)CCCl)cc1. The van der Waals surface area contributed by atoms with Gasteiger partial charge in [0.2, 0.25) is 0 Å². The number of carbonyl (C=O) groups is 1. The number of amides is 1. The fourth-order valence-corrected chi connectivity index (χ4v) is 3.26. The van der Waals surface area contributed by atoms with E-state index in [2.05, 4.69) is 5.32 Å². The molecule has 0 aliphatic carbocycles. The van der Waals surface area contributed by atoms with E-state index in [9.17, 15) is 14.9 Å². The molecule has 0 heterocycles. The topological polar surface area (TPSA) is 93.9 Å². The lowest BCUT2D eigenvalue weighted by atomic mass is 10.1. The Balaban J connectivity index is 2.02. The molecule has 0 saturated heterocycles. The molecule has 162 valence electrons. The molecule has 0 bridgehead atoms. The second-order valence-electron chi connectivity index (χ2n) is 6.27. The maximum Gasteiger partial charge on any atom is 0.412 e. The van der Waals surface area contributed by atoms with Crippen molar-refractivity contribution in [3.63, 3.8) is 0 Å². The summed E-state index contributed by atoms with van der Waals surface area (Å²) in [7, 11) is 1.40. The highest BCUT2D eigenvalue weighted by Crippen LogP contribution is 2.31. The Labute approximate surface area is 184 Å². The number of anilines is 2. The van der Waals surface area contributed by atoms with Crippen LogP contribution in [0.2, 0.25) is 0 Å². The molecular weight excluding hydrogens is 433 g/mol. The number of non-ortho nitro benzene ring substituents is 1. The maximum absolute atomic E-state index is 12.3. The zero-order valence-corrected chi connectivity index (χ0v) is 18.2. The highest BCUT2D eigenvalue weighted by Gasteiger charge is 2.19. The number of carbonyl (C=O) groups excluding carboxylic acids is 1. The molecule has 1 atom stereocenters. The Morgan fingerprint density at radius 1 is 1.17 bits per heavy atom. The van der Waals surface area contributed by atoms with Crippen LogP contribution in [0.15, 0.2) is 42.5 Å². The van der Waals surface area contributed by atoms with E-state index < -0.39 is 17.1 Å². The number of methoxy groups -OCH3 is 1. The molecule has 1 N–H and O–H groups in total. The largest absolute Gasteiger partial charge is 0.496 e. The summed E-state index contributed by atoms with van der Waals surface area (Å²) in [6.07, 6.45) is -1.34. The molecule has 2 aromatic carbocycles. The van der Waals surface area contributed by atoms with Gasteiger partial charge in [0.25, 0.3) is 5.69 Å². The average molecular weight is 456 g/mol. The fraction of sp³-hybridized carbons (Fsp3) is 0.350. The minimum Gasteiger partial charge on any atom is -0.496 e. The first-order valence-electron chi connectivity index (χ1n) is 9.16. The zero-order valence-electron chi connectivity index (χ0n) is 16.6. The minimum absolute atomic E-state index is 0.107. The molecule has 0 aliphatic rings. The van der Waals surface area contributed by atoms with Crippen LogP contribution >= 0.6 is 23.2 Å². The maximum atomic E-state index is 12.3. The summed E-state index contributed by atoms with van der Waals surface area (Å²) < 4.78 is 10.6. The van der Waals surface area contributed by atoms with Crippen molar-refractivity contribution in [2.45, 2.75) is 13.0 Å². The number of nitrogens with zero attached hydrogens (tertiary/aromatic N) is 2. The molecule has 0 spiro atoms. The first kappa shape index (κ1) is 23.6. The minimum atomic E-state index is -0.678. The Morgan fingerprint density at radius 3 is 2.33 bits per heavy atom. The molecule has 0 saturated carbocycles. The molecule has 0 radical (unpaired) electrons. The monoisotopic (exact) mass is 455 g/mol. The number of alkyl halides is 2. The Kier molecular flexibility index (Phi) is 9.01. The van der Waals surface area contributed by atoms with Gasteiger partial charge in [0.05, 0.1) is 18.1 Å². The quantitative estimate of drug-likeness (QED) is 0.300. The van der Waals surface area contributed by atoms with Crippen LogP contribution in [-0.4, -0.2) is 43.0 Å². The van der Waals surface area contributed by atoms with Gasteiger partial charge in [-0.3, -0.25) is 15.4 Å². The summed E-state index contributed by atoms with van der Waals surface area (Å²) in [5, 5.41) is 13.6. The van der Waals surface area contributed by atoms with Crippen LogP contribution in [0.4, 0.5) is 21.9 Å². The molecule has 2 aromatic rings. The van der Waals surface area contributed by atoms with Gasteiger partial charge >= 0.3 is 6.09 Å². The average Bonchev–Trinajstić information content (AvgIpc) is 2.73. The summed E-state index contributed by atoms with van der Waals surface area (Å²) in [6, 6.07) is 11.4. The third-order valence-corrected chi connectivity index (χ3v) is 4.68. The van der Waals surface area contributed by atoms with Gasteiger partial charge in [0.15, 0.2) is 0 Å². The van der Waals surface area contributed by atoms with E-state index in [-0.39, 0.29) is 11.4 Å². The van der Waals surface area contributed by atoms with Gasteiger partial charge in [-0.1, -0.05) is 0 Å². The predicted molar refractivity (Wildman–Crippen MR) is 118 cm³/mol. The smallest absolute Gasteiger partial charge is 0.412 e. The molecule has 2 rings (SSSR count). The third-order valence-electron chi connectivity index (χ3n) is 4.34. The van der Waals surface area contributed by atoms with Crippen LogP contribution in [0, 0.1) is 10.1 Å². The predicted octanol–water partition coefficient (Wildman–Crippen LogP) is 5.20. The number of hydrogen-bond donors (Lipinski definition) is 1. The fourth-order valence-electron chi connectivity index (χ4n) is 2.85. The van der Waals surface area contributed by atoms with Crippen molar-refractivity contribution in [2.75, 3.05) is 42.2 Å². The van der Waals surface area contributed by atoms with Gasteiger partial charge < -0.3 is 14.4 Å². The van der Waals surface area contributed by atoms with Crippen LogP contribution in [0.3, 0.4) is 0 Å². The molecule has 30 heavy (non-hydrogen) atoms. The van der Waals surface area contributed by atoms with Crippen LogP contribution in [-0.2, 0) is 4.74 Å². The summed E-state index contributed by atoms with van der Waals surface area (Å²) in [4.78, 5) is 24.7. The first-order chi connectivity index (χ1) is 14.4. The molecule has 0 aromatic heterocycles. The number of nitro benzene ring substituents is 1. The first-order valence-corrected chi connectivity index (χ1v) is 10.2. The standard InChI is InChI=1S/C20H23Cl2N3O5/c1-14(18-8-7-17(25(27)28)13-19(18)29-2)30-20(26)23-15-3-5-16(6-4-15)24(11-9-21)12-10-22/h3-8,13-14H,9-12H2,1-2H3,(H,23,26). The van der Waals surface area contributed by atoms with E-state index in [1.54, 1.807) is 19.1 Å². The van der Waals surface area contributed by atoms with E-state index in [4.69, 9.17) is 32.7 Å². The molecular formula is C20H23Cl2N3O5.